The molecule has 168 valence electrons. The second-order valence-corrected chi connectivity index (χ2v) is 7.45. The van der Waals surface area contributed by atoms with Crippen molar-refractivity contribution in [1.82, 2.24) is 0 Å². The lowest BCUT2D eigenvalue weighted by Gasteiger charge is -2.27. The summed E-state index contributed by atoms with van der Waals surface area (Å²) in [5.74, 6) is 0. The molecule has 0 aromatic carbocycles. The maximum Gasteiger partial charge on any atom is 0.0840 e. The summed E-state index contributed by atoms with van der Waals surface area (Å²) >= 11 is 0. The third kappa shape index (κ3) is 12.1. The van der Waals surface area contributed by atoms with E-state index in [1.54, 1.807) is 28.4 Å². The Bertz CT molecular complexity index is 527. The number of rotatable bonds is 17. The van der Waals surface area contributed by atoms with Crippen LogP contribution < -0.4 is 5.32 Å². The number of hydrogen-bond donors (Lipinski definition) is 1. The minimum Gasteiger partial charge on any atom is -0.450 e. The molecule has 5 nitrogen and oxygen atoms in total. The van der Waals surface area contributed by atoms with E-state index in [2.05, 4.69) is 39.3 Å². The van der Waals surface area contributed by atoms with Gasteiger partial charge in [0.05, 0.1) is 30.1 Å². The second kappa shape index (κ2) is 16.5. The van der Waals surface area contributed by atoms with Crippen molar-refractivity contribution >= 4 is 0 Å². The third-order valence-corrected chi connectivity index (χ3v) is 5.16. The maximum absolute atomic E-state index is 5.74. The molecule has 0 amide bonds. The van der Waals surface area contributed by atoms with Gasteiger partial charge in [-0.15, -0.1) is 13.6 Å². The van der Waals surface area contributed by atoms with Gasteiger partial charge in [0.15, 0.2) is 0 Å². The van der Waals surface area contributed by atoms with Gasteiger partial charge < -0.3 is 24.3 Å². The Labute approximate surface area is 178 Å². The Balaban J connectivity index is 4.94. The Hall–Kier alpha value is -1.24. The molecule has 0 saturated carbocycles. The minimum atomic E-state index is -0.108. The maximum atomic E-state index is 5.74. The van der Waals surface area contributed by atoms with Gasteiger partial charge in [-0.25, -0.2) is 0 Å². The average molecular weight is 410 g/mol. The van der Waals surface area contributed by atoms with Crippen molar-refractivity contribution in [2.75, 3.05) is 28.4 Å². The molecule has 5 heteroatoms. The first-order valence-corrected chi connectivity index (χ1v) is 10.2. The van der Waals surface area contributed by atoms with E-state index in [0.717, 1.165) is 37.7 Å². The van der Waals surface area contributed by atoms with Crippen LogP contribution in [0.4, 0.5) is 0 Å². The molecule has 0 heterocycles. The molecule has 0 fully saturated rings. The molecule has 0 aliphatic carbocycles. The van der Waals surface area contributed by atoms with Crippen molar-refractivity contribution in [3.8, 4) is 0 Å². The van der Waals surface area contributed by atoms with Gasteiger partial charge in [0.25, 0.3) is 0 Å². The first-order valence-electron chi connectivity index (χ1n) is 10.2. The van der Waals surface area contributed by atoms with Gasteiger partial charge in [-0.05, 0) is 37.8 Å². The van der Waals surface area contributed by atoms with Gasteiger partial charge in [0, 0.05) is 48.2 Å². The summed E-state index contributed by atoms with van der Waals surface area (Å²) in [4.78, 5) is 0. The number of ether oxygens (including phenoxy) is 4. The Kier molecular flexibility index (Phi) is 15.8. The molecule has 0 radical (unpaired) electrons. The molecule has 0 aliphatic heterocycles. The molecule has 0 aromatic rings. The van der Waals surface area contributed by atoms with Crippen molar-refractivity contribution < 1.29 is 24.3 Å². The number of quaternary nitrogens is 1. The fourth-order valence-electron chi connectivity index (χ4n) is 3.15. The summed E-state index contributed by atoms with van der Waals surface area (Å²) in [6.07, 6.45) is 10.1. The van der Waals surface area contributed by atoms with Gasteiger partial charge in [0.2, 0.25) is 0 Å². The van der Waals surface area contributed by atoms with Crippen LogP contribution in [0.25, 0.3) is 0 Å². The first kappa shape index (κ1) is 27.8. The van der Waals surface area contributed by atoms with E-state index in [0.29, 0.717) is 0 Å². The summed E-state index contributed by atoms with van der Waals surface area (Å²) in [5.41, 5.74) is 3.35. The molecule has 4 unspecified atom stereocenters. The van der Waals surface area contributed by atoms with Gasteiger partial charge in [-0.3, -0.25) is 0 Å². The van der Waals surface area contributed by atoms with Crippen LogP contribution in [0.5, 0.6) is 0 Å². The zero-order chi connectivity index (χ0) is 22.2. The van der Waals surface area contributed by atoms with Crippen LogP contribution in [-0.4, -0.2) is 52.9 Å². The van der Waals surface area contributed by atoms with Crippen molar-refractivity contribution in [2.45, 2.75) is 70.4 Å². The van der Waals surface area contributed by atoms with Crippen LogP contribution in [0.2, 0.25) is 0 Å². The lowest BCUT2D eigenvalue weighted by Crippen LogP contribution is -2.73. The van der Waals surface area contributed by atoms with Gasteiger partial charge in [-0.1, -0.05) is 24.3 Å². The summed E-state index contributed by atoms with van der Waals surface area (Å²) in [6.45, 7) is 12.2. The molecular weight excluding hydrogens is 366 g/mol. The molecule has 4 atom stereocenters. The topological polar surface area (TPSA) is 53.5 Å². The van der Waals surface area contributed by atoms with Crippen molar-refractivity contribution in [1.29, 1.82) is 0 Å². The van der Waals surface area contributed by atoms with Crippen LogP contribution in [0, 0.1) is 7.05 Å². The molecular formula is C24H43NO4. The van der Waals surface area contributed by atoms with E-state index in [-0.39, 0.29) is 24.4 Å². The number of allylic oxidation sites excluding steroid dienone is 3. The summed E-state index contributed by atoms with van der Waals surface area (Å²) in [7, 11) is 10.7. The average Bonchev–Trinajstić information content (AvgIpc) is 2.73. The quantitative estimate of drug-likeness (QED) is 0.225. The van der Waals surface area contributed by atoms with Crippen molar-refractivity contribution in [2.24, 2.45) is 0 Å². The van der Waals surface area contributed by atoms with Gasteiger partial charge in [0.1, 0.15) is 0 Å². The monoisotopic (exact) mass is 409 g/mol. The number of nitrogens with two attached hydrogens (primary N) is 1. The van der Waals surface area contributed by atoms with E-state index < -0.39 is 0 Å². The standard InChI is InChI=1S/C24H43NO4/c1-10-11-21(26-6)15-22(27-7)16-23(28-8)17-24(29-9)19(3)14-18(2)12-13-20(4)25-5/h10,13-14,21-24H,1,3,5,11-12,15-17,25H2,2,4,6-9H3. The van der Waals surface area contributed by atoms with Crippen LogP contribution in [0.3, 0.4) is 0 Å². The molecule has 0 rings (SSSR count). The Morgan fingerprint density at radius 3 is 1.97 bits per heavy atom. The number of methoxy groups -OCH3 is 4. The Morgan fingerprint density at radius 2 is 1.48 bits per heavy atom. The minimum absolute atomic E-state index is 0.000463. The Morgan fingerprint density at radius 1 is 0.931 bits per heavy atom. The predicted molar refractivity (Wildman–Crippen MR) is 120 cm³/mol. The zero-order valence-electron chi connectivity index (χ0n) is 19.4. The van der Waals surface area contributed by atoms with E-state index in [9.17, 15) is 0 Å². The predicted octanol–water partition coefficient (Wildman–Crippen LogP) is 3.94. The highest BCUT2D eigenvalue weighted by atomic mass is 16.5. The number of hydrogen-bond acceptors (Lipinski definition) is 4. The van der Waals surface area contributed by atoms with Gasteiger partial charge in [-0.2, -0.15) is 0 Å². The van der Waals surface area contributed by atoms with Gasteiger partial charge >= 0.3 is 0 Å². The normalized spacial score (nSPS) is 16.9. The van der Waals surface area contributed by atoms with E-state index in [4.69, 9.17) is 18.9 Å². The fraction of sp³-hybridized carbons (Fsp3) is 0.625. The lowest BCUT2D eigenvalue weighted by molar-refractivity contribution is -0.542. The molecule has 0 aromatic heterocycles. The highest BCUT2D eigenvalue weighted by Gasteiger charge is 2.23. The molecule has 0 saturated heterocycles. The van der Waals surface area contributed by atoms with Crippen LogP contribution in [0.15, 0.2) is 48.2 Å². The SMILES string of the molecule is C=CCC(CC(CC(CC(OC)C(=C)C=C(C)CC=C(C)[NH2+][CH2-])OC)OC)OC. The van der Waals surface area contributed by atoms with Crippen molar-refractivity contribution in [3.63, 3.8) is 0 Å². The van der Waals surface area contributed by atoms with Crippen LogP contribution in [0.1, 0.15) is 46.0 Å². The zero-order valence-corrected chi connectivity index (χ0v) is 19.4. The summed E-state index contributed by atoms with van der Waals surface area (Å²) < 4.78 is 22.7. The third-order valence-electron chi connectivity index (χ3n) is 5.16. The fourth-order valence-corrected chi connectivity index (χ4v) is 3.15. The summed E-state index contributed by atoms with van der Waals surface area (Å²) in [5, 5.41) is 1.86. The highest BCUT2D eigenvalue weighted by molar-refractivity contribution is 5.25. The second-order valence-electron chi connectivity index (χ2n) is 7.45. The molecule has 0 aliphatic rings. The largest absolute Gasteiger partial charge is 0.450 e. The van der Waals surface area contributed by atoms with Crippen LogP contribution >= 0.6 is 0 Å². The smallest absolute Gasteiger partial charge is 0.0840 e. The van der Waals surface area contributed by atoms with E-state index in [1.807, 2.05) is 18.3 Å². The molecule has 0 bridgehead atoms. The highest BCUT2D eigenvalue weighted by Crippen LogP contribution is 2.22. The van der Waals surface area contributed by atoms with Crippen LogP contribution in [-0.2, 0) is 18.9 Å². The van der Waals surface area contributed by atoms with E-state index >= 15 is 0 Å². The molecule has 2 N–H and O–H groups in total. The lowest BCUT2D eigenvalue weighted by atomic mass is 9.96. The van der Waals surface area contributed by atoms with Crippen molar-refractivity contribution in [3.05, 3.63) is 55.3 Å². The summed E-state index contributed by atoms with van der Waals surface area (Å²) in [6, 6.07) is 0. The first-order chi connectivity index (χ1) is 13.8. The van der Waals surface area contributed by atoms with E-state index in [1.165, 1.54) is 11.3 Å². The molecule has 29 heavy (non-hydrogen) atoms. The molecule has 0 spiro atoms.